The summed E-state index contributed by atoms with van der Waals surface area (Å²) in [4.78, 5) is 29.4. The molecule has 0 radical (unpaired) electrons. The van der Waals surface area contributed by atoms with Gasteiger partial charge in [-0.15, -0.1) is 0 Å². The highest BCUT2D eigenvalue weighted by atomic mass is 16.5. The molecule has 1 N–H and O–H groups in total. The van der Waals surface area contributed by atoms with Gasteiger partial charge in [0.25, 0.3) is 0 Å². The van der Waals surface area contributed by atoms with Crippen LogP contribution in [0.2, 0.25) is 0 Å². The zero-order valence-corrected chi connectivity index (χ0v) is 20.2. The molecular formula is C28H26N6O3. The Kier molecular flexibility index (Phi) is 6.18. The molecule has 1 atom stereocenters. The number of carbonyl (C=O) groups is 1. The minimum absolute atomic E-state index is 0.143. The van der Waals surface area contributed by atoms with Crippen molar-refractivity contribution in [1.29, 1.82) is 0 Å². The lowest BCUT2D eigenvalue weighted by molar-refractivity contribution is -0.137. The first-order chi connectivity index (χ1) is 18.1. The Morgan fingerprint density at radius 1 is 1.03 bits per heavy atom. The van der Waals surface area contributed by atoms with Crippen molar-refractivity contribution in [2.75, 3.05) is 6.61 Å². The van der Waals surface area contributed by atoms with Crippen LogP contribution < -0.4 is 4.74 Å². The molecule has 9 nitrogen and oxygen atoms in total. The van der Waals surface area contributed by atoms with Crippen LogP contribution in [0.5, 0.6) is 5.75 Å². The number of carboxylic acid groups (broad SMARTS) is 1. The third-order valence-electron chi connectivity index (χ3n) is 6.82. The summed E-state index contributed by atoms with van der Waals surface area (Å²) in [7, 11) is 0. The Hall–Kier alpha value is -4.40. The fourth-order valence-electron chi connectivity index (χ4n) is 4.98. The van der Waals surface area contributed by atoms with Gasteiger partial charge in [-0.1, -0.05) is 6.07 Å². The number of ether oxygens (including phenoxy) is 1. The van der Waals surface area contributed by atoms with E-state index in [2.05, 4.69) is 32.2 Å². The third-order valence-corrected chi connectivity index (χ3v) is 6.82. The van der Waals surface area contributed by atoms with E-state index in [1.54, 1.807) is 29.5 Å². The molecule has 0 saturated carbocycles. The Balaban J connectivity index is 1.21. The van der Waals surface area contributed by atoms with E-state index in [9.17, 15) is 9.90 Å². The maximum Gasteiger partial charge on any atom is 0.305 e. The van der Waals surface area contributed by atoms with Crippen molar-refractivity contribution < 1.29 is 14.6 Å². The van der Waals surface area contributed by atoms with Crippen LogP contribution in [-0.4, -0.2) is 47.4 Å². The van der Waals surface area contributed by atoms with Crippen molar-refractivity contribution in [3.8, 4) is 5.75 Å². The largest absolute Gasteiger partial charge is 0.493 e. The van der Waals surface area contributed by atoms with Gasteiger partial charge < -0.3 is 9.84 Å². The van der Waals surface area contributed by atoms with Crippen LogP contribution in [0.25, 0.3) is 22.1 Å². The summed E-state index contributed by atoms with van der Waals surface area (Å²) >= 11 is 0. The molecule has 1 aromatic carbocycles. The van der Waals surface area contributed by atoms with Gasteiger partial charge in [0, 0.05) is 41.8 Å². The Morgan fingerprint density at radius 3 is 2.84 bits per heavy atom. The second-order valence-electron chi connectivity index (χ2n) is 9.31. The highest BCUT2D eigenvalue weighted by Gasteiger charge is 2.22. The number of carboxylic acids is 1. The summed E-state index contributed by atoms with van der Waals surface area (Å²) in [6.45, 7) is 0.525. The fourth-order valence-corrected chi connectivity index (χ4v) is 4.98. The first kappa shape index (κ1) is 23.0. The van der Waals surface area contributed by atoms with Crippen molar-refractivity contribution in [1.82, 2.24) is 29.7 Å². The molecule has 5 aromatic rings. The van der Waals surface area contributed by atoms with Gasteiger partial charge >= 0.3 is 5.97 Å². The van der Waals surface area contributed by atoms with E-state index < -0.39 is 12.0 Å². The van der Waals surface area contributed by atoms with Crippen molar-refractivity contribution in [3.05, 3.63) is 83.7 Å². The standard InChI is InChI=1S/C28H26N6O3/c35-27(36)15-26(20-14-24-28(31-16-20)30-11-10-29-24)34-25-8-7-22(13-19(25)17-32-34)37-12-9-21-6-5-18-3-1-2-4-23(18)33-21/h5-8,10-11,13-14,16-17,26H,1-4,9,12,15H2,(H,35,36). The van der Waals surface area contributed by atoms with Crippen LogP contribution in [0, 0.1) is 0 Å². The summed E-state index contributed by atoms with van der Waals surface area (Å²) < 4.78 is 7.76. The monoisotopic (exact) mass is 494 g/mol. The number of aromatic nitrogens is 6. The van der Waals surface area contributed by atoms with Gasteiger partial charge in [-0.25, -0.2) is 9.97 Å². The van der Waals surface area contributed by atoms with Crippen molar-refractivity contribution in [2.45, 2.75) is 44.6 Å². The number of nitrogens with zero attached hydrogens (tertiary/aromatic N) is 6. The number of hydrogen-bond acceptors (Lipinski definition) is 7. The molecule has 0 aliphatic heterocycles. The molecule has 9 heteroatoms. The maximum atomic E-state index is 11.7. The summed E-state index contributed by atoms with van der Waals surface area (Å²) in [5, 5.41) is 15.0. The van der Waals surface area contributed by atoms with E-state index in [-0.39, 0.29) is 6.42 Å². The first-order valence-corrected chi connectivity index (χ1v) is 12.5. The molecule has 1 aliphatic carbocycles. The lowest BCUT2D eigenvalue weighted by atomic mass is 9.96. The van der Waals surface area contributed by atoms with Gasteiger partial charge in [0.1, 0.15) is 11.3 Å². The number of aliphatic carboxylic acids is 1. The second kappa shape index (κ2) is 9.93. The molecule has 0 amide bonds. The van der Waals surface area contributed by atoms with Gasteiger partial charge in [0.2, 0.25) is 0 Å². The predicted octanol–water partition coefficient (Wildman–Crippen LogP) is 4.33. The van der Waals surface area contributed by atoms with Gasteiger partial charge in [-0.2, -0.15) is 5.10 Å². The molecule has 186 valence electrons. The summed E-state index contributed by atoms with van der Waals surface area (Å²) in [6, 6.07) is 11.3. The number of rotatable bonds is 8. The molecule has 0 saturated heterocycles. The van der Waals surface area contributed by atoms with Crippen LogP contribution >= 0.6 is 0 Å². The van der Waals surface area contributed by atoms with Crippen LogP contribution in [0.4, 0.5) is 0 Å². The van der Waals surface area contributed by atoms with Crippen molar-refractivity contribution in [3.63, 3.8) is 0 Å². The predicted molar refractivity (Wildman–Crippen MR) is 138 cm³/mol. The van der Waals surface area contributed by atoms with E-state index in [0.29, 0.717) is 23.3 Å². The van der Waals surface area contributed by atoms with E-state index in [4.69, 9.17) is 9.72 Å². The molecule has 4 heterocycles. The van der Waals surface area contributed by atoms with Crippen molar-refractivity contribution >= 4 is 28.0 Å². The average Bonchev–Trinajstić information content (AvgIpc) is 3.34. The smallest absolute Gasteiger partial charge is 0.305 e. The van der Waals surface area contributed by atoms with Crippen LogP contribution in [-0.2, 0) is 24.1 Å². The zero-order valence-electron chi connectivity index (χ0n) is 20.2. The average molecular weight is 495 g/mol. The van der Waals surface area contributed by atoms with E-state index in [0.717, 1.165) is 41.6 Å². The fraction of sp³-hybridized carbons (Fsp3) is 0.286. The van der Waals surface area contributed by atoms with Crippen molar-refractivity contribution in [2.24, 2.45) is 0 Å². The highest BCUT2D eigenvalue weighted by molar-refractivity contribution is 5.81. The van der Waals surface area contributed by atoms with E-state index in [1.807, 2.05) is 24.3 Å². The van der Waals surface area contributed by atoms with Gasteiger partial charge in [-0.3, -0.25) is 19.4 Å². The second-order valence-corrected chi connectivity index (χ2v) is 9.31. The summed E-state index contributed by atoms with van der Waals surface area (Å²) in [6.07, 6.45) is 11.8. The van der Waals surface area contributed by atoms with Gasteiger partial charge in [-0.05, 0) is 67.1 Å². The van der Waals surface area contributed by atoms with E-state index >= 15 is 0 Å². The number of hydrogen-bond donors (Lipinski definition) is 1. The topological polar surface area (TPSA) is 116 Å². The SMILES string of the molecule is O=C(O)CC(c1cnc2nccnc2c1)n1ncc2cc(OCCc3ccc4c(n3)CCCC4)ccc21. The minimum atomic E-state index is -0.927. The first-order valence-electron chi connectivity index (χ1n) is 12.5. The number of pyridine rings is 2. The molecule has 0 fully saturated rings. The Labute approximate surface area is 213 Å². The maximum absolute atomic E-state index is 11.7. The van der Waals surface area contributed by atoms with Crippen LogP contribution in [0.1, 0.15) is 47.8 Å². The lowest BCUT2D eigenvalue weighted by Crippen LogP contribution is -2.16. The molecule has 4 aromatic heterocycles. The molecule has 0 spiro atoms. The minimum Gasteiger partial charge on any atom is -0.493 e. The molecule has 0 bridgehead atoms. The van der Waals surface area contributed by atoms with Crippen LogP contribution in [0.3, 0.4) is 0 Å². The lowest BCUT2D eigenvalue weighted by Gasteiger charge is -2.17. The van der Waals surface area contributed by atoms with E-state index in [1.165, 1.54) is 24.1 Å². The molecule has 37 heavy (non-hydrogen) atoms. The summed E-state index contributed by atoms with van der Waals surface area (Å²) in [5.41, 5.74) is 6.32. The third kappa shape index (κ3) is 4.84. The molecule has 6 rings (SSSR count). The van der Waals surface area contributed by atoms with Gasteiger partial charge in [0.05, 0.1) is 30.8 Å². The van der Waals surface area contributed by atoms with Crippen LogP contribution in [0.15, 0.2) is 61.2 Å². The van der Waals surface area contributed by atoms with Gasteiger partial charge in [0.15, 0.2) is 5.65 Å². The quantitative estimate of drug-likeness (QED) is 0.339. The normalized spacial score (nSPS) is 13.9. The molecule has 1 aliphatic rings. The number of fused-ring (bicyclic) bond motifs is 3. The molecular weight excluding hydrogens is 468 g/mol. The Bertz CT molecular complexity index is 1600. The highest BCUT2D eigenvalue weighted by Crippen LogP contribution is 2.29. The number of aryl methyl sites for hydroxylation is 2. The zero-order chi connectivity index (χ0) is 25.2. The Morgan fingerprint density at radius 2 is 1.92 bits per heavy atom. The summed E-state index contributed by atoms with van der Waals surface area (Å²) in [5.74, 6) is -0.189. The number of benzene rings is 1. The molecule has 1 unspecified atom stereocenters.